The summed E-state index contributed by atoms with van der Waals surface area (Å²) in [5, 5.41) is 4.00. The number of nitrogens with zero attached hydrogens (tertiary/aromatic N) is 1. The minimum absolute atomic E-state index is 0.177. The molecular weight excluding hydrogens is 93.1 g/mol. The van der Waals surface area contributed by atoms with Gasteiger partial charge in [0.15, 0.2) is 0 Å². The van der Waals surface area contributed by atoms with E-state index in [2.05, 4.69) is 5.32 Å². The molecule has 1 aliphatic rings. The Morgan fingerprint density at radius 2 is 2.57 bits per heavy atom. The highest BCUT2D eigenvalue weighted by atomic mass is 19.1. The summed E-state index contributed by atoms with van der Waals surface area (Å²) in [5.41, 5.74) is 0. The fourth-order valence-corrected chi connectivity index (χ4v) is 0.765. The van der Waals surface area contributed by atoms with Gasteiger partial charge in [0.05, 0.1) is 6.67 Å². The molecule has 0 N–H and O–H groups in total. The van der Waals surface area contributed by atoms with E-state index in [9.17, 15) is 4.39 Å². The van der Waals surface area contributed by atoms with Crippen molar-refractivity contribution in [3.8, 4) is 0 Å². The van der Waals surface area contributed by atoms with Crippen LogP contribution in [0.15, 0.2) is 0 Å². The van der Waals surface area contributed by atoms with Gasteiger partial charge in [0.2, 0.25) is 0 Å². The molecule has 0 aromatic carbocycles. The standard InChI is InChI=1S/C5H9FN/c6-3-5-1-2-7-4-5/h5H,1-4H2. The van der Waals surface area contributed by atoms with Gasteiger partial charge < -0.3 is 0 Å². The third-order valence-electron chi connectivity index (χ3n) is 1.30. The number of hydrogen-bond acceptors (Lipinski definition) is 0. The molecule has 1 rings (SSSR count). The summed E-state index contributed by atoms with van der Waals surface area (Å²) < 4.78 is 11.6. The second kappa shape index (κ2) is 2.26. The second-order valence-corrected chi connectivity index (χ2v) is 1.94. The van der Waals surface area contributed by atoms with Gasteiger partial charge in [0, 0.05) is 19.0 Å². The van der Waals surface area contributed by atoms with Crippen LogP contribution in [0.25, 0.3) is 0 Å². The maximum atomic E-state index is 11.6. The minimum atomic E-state index is -0.177. The summed E-state index contributed by atoms with van der Waals surface area (Å²) in [5.74, 6) is 0.264. The highest BCUT2D eigenvalue weighted by molar-refractivity contribution is 4.68. The third-order valence-corrected chi connectivity index (χ3v) is 1.30. The molecule has 0 aromatic heterocycles. The van der Waals surface area contributed by atoms with Crippen LogP contribution in [0.3, 0.4) is 0 Å². The van der Waals surface area contributed by atoms with Gasteiger partial charge in [-0.05, 0) is 6.42 Å². The van der Waals surface area contributed by atoms with Crippen molar-refractivity contribution in [3.05, 3.63) is 0 Å². The molecule has 0 bridgehead atoms. The average Bonchev–Trinajstić information content (AvgIpc) is 2.14. The maximum absolute atomic E-state index is 11.6. The molecule has 0 spiro atoms. The Morgan fingerprint density at radius 3 is 2.86 bits per heavy atom. The zero-order chi connectivity index (χ0) is 5.11. The van der Waals surface area contributed by atoms with Crippen molar-refractivity contribution >= 4 is 0 Å². The molecule has 1 nitrogen and oxygen atoms in total. The van der Waals surface area contributed by atoms with E-state index in [1.54, 1.807) is 0 Å². The molecule has 1 radical (unpaired) electrons. The first kappa shape index (κ1) is 5.04. The SMILES string of the molecule is FCC1CC[N]C1. The van der Waals surface area contributed by atoms with E-state index in [0.717, 1.165) is 19.5 Å². The smallest absolute Gasteiger partial charge is 0.0935 e. The molecule has 1 atom stereocenters. The normalized spacial score (nSPS) is 31.3. The fourth-order valence-electron chi connectivity index (χ4n) is 0.765. The summed E-state index contributed by atoms with van der Waals surface area (Å²) in [4.78, 5) is 0. The van der Waals surface area contributed by atoms with E-state index in [0.29, 0.717) is 0 Å². The van der Waals surface area contributed by atoms with Crippen LogP contribution in [0, 0.1) is 5.92 Å². The van der Waals surface area contributed by atoms with Crippen molar-refractivity contribution in [3.63, 3.8) is 0 Å². The van der Waals surface area contributed by atoms with Crippen LogP contribution in [0.2, 0.25) is 0 Å². The Balaban J connectivity index is 2.14. The molecule has 41 valence electrons. The van der Waals surface area contributed by atoms with Crippen molar-refractivity contribution in [1.82, 2.24) is 5.32 Å². The zero-order valence-corrected chi connectivity index (χ0v) is 4.23. The molecule has 1 heterocycles. The molecule has 1 unspecified atom stereocenters. The van der Waals surface area contributed by atoms with Gasteiger partial charge >= 0.3 is 0 Å². The van der Waals surface area contributed by atoms with Crippen molar-refractivity contribution < 1.29 is 4.39 Å². The summed E-state index contributed by atoms with van der Waals surface area (Å²) in [6.07, 6.45) is 0.969. The van der Waals surface area contributed by atoms with E-state index in [4.69, 9.17) is 0 Å². The quantitative estimate of drug-likeness (QED) is 0.460. The van der Waals surface area contributed by atoms with Gasteiger partial charge in [-0.15, -0.1) is 0 Å². The van der Waals surface area contributed by atoms with E-state index >= 15 is 0 Å². The van der Waals surface area contributed by atoms with Gasteiger partial charge in [0.1, 0.15) is 0 Å². The zero-order valence-electron chi connectivity index (χ0n) is 4.23. The highest BCUT2D eigenvalue weighted by Gasteiger charge is 2.13. The Kier molecular flexibility index (Phi) is 1.63. The summed E-state index contributed by atoms with van der Waals surface area (Å²) in [6, 6.07) is 0. The number of alkyl halides is 1. The van der Waals surface area contributed by atoms with Crippen molar-refractivity contribution in [2.24, 2.45) is 5.92 Å². The van der Waals surface area contributed by atoms with Gasteiger partial charge in [-0.2, -0.15) is 0 Å². The van der Waals surface area contributed by atoms with Crippen molar-refractivity contribution in [1.29, 1.82) is 0 Å². The van der Waals surface area contributed by atoms with Crippen molar-refractivity contribution in [2.75, 3.05) is 19.8 Å². The summed E-state index contributed by atoms with van der Waals surface area (Å²) in [6.45, 7) is 1.47. The van der Waals surface area contributed by atoms with E-state index in [-0.39, 0.29) is 12.6 Å². The largest absolute Gasteiger partial charge is 0.251 e. The van der Waals surface area contributed by atoms with Gasteiger partial charge in [0.25, 0.3) is 0 Å². The Labute approximate surface area is 42.9 Å². The van der Waals surface area contributed by atoms with Crippen LogP contribution >= 0.6 is 0 Å². The highest BCUT2D eigenvalue weighted by Crippen LogP contribution is 2.07. The number of rotatable bonds is 1. The van der Waals surface area contributed by atoms with Gasteiger partial charge in [-0.3, -0.25) is 4.39 Å². The molecule has 0 aromatic rings. The lowest BCUT2D eigenvalue weighted by Crippen LogP contribution is -2.03. The predicted octanol–water partition coefficient (Wildman–Crippen LogP) is 0.580. The van der Waals surface area contributed by atoms with Crippen LogP contribution in [0.1, 0.15) is 6.42 Å². The van der Waals surface area contributed by atoms with E-state index < -0.39 is 0 Å². The van der Waals surface area contributed by atoms with Crippen LogP contribution in [-0.4, -0.2) is 19.8 Å². The molecule has 7 heavy (non-hydrogen) atoms. The first-order valence-corrected chi connectivity index (χ1v) is 2.62. The Hall–Kier alpha value is -0.110. The molecule has 1 saturated heterocycles. The molecule has 1 fully saturated rings. The first-order valence-electron chi connectivity index (χ1n) is 2.62. The summed E-state index contributed by atoms with van der Waals surface area (Å²) in [7, 11) is 0. The van der Waals surface area contributed by atoms with Crippen LogP contribution < -0.4 is 5.32 Å². The first-order chi connectivity index (χ1) is 3.43. The third kappa shape index (κ3) is 1.13. The molecular formula is C5H9FN. The van der Waals surface area contributed by atoms with Gasteiger partial charge in [-0.25, -0.2) is 5.32 Å². The molecule has 0 amide bonds. The lowest BCUT2D eigenvalue weighted by Gasteiger charge is -1.95. The molecule has 0 aliphatic carbocycles. The lowest BCUT2D eigenvalue weighted by molar-refractivity contribution is 0.382. The number of halogens is 1. The Bertz CT molecular complexity index is 50.0. The predicted molar refractivity (Wildman–Crippen MR) is 25.9 cm³/mol. The average molecular weight is 102 g/mol. The monoisotopic (exact) mass is 102 g/mol. The van der Waals surface area contributed by atoms with E-state index in [1.807, 2.05) is 0 Å². The Morgan fingerprint density at radius 1 is 1.71 bits per heavy atom. The van der Waals surface area contributed by atoms with Crippen molar-refractivity contribution in [2.45, 2.75) is 6.42 Å². The van der Waals surface area contributed by atoms with E-state index in [1.165, 1.54) is 0 Å². The molecule has 1 aliphatic heterocycles. The van der Waals surface area contributed by atoms with Gasteiger partial charge in [-0.1, -0.05) is 0 Å². The van der Waals surface area contributed by atoms with Crippen LogP contribution in [-0.2, 0) is 0 Å². The maximum Gasteiger partial charge on any atom is 0.0935 e. The van der Waals surface area contributed by atoms with Crippen LogP contribution in [0.4, 0.5) is 4.39 Å². The fraction of sp³-hybridized carbons (Fsp3) is 1.00. The molecule has 0 saturated carbocycles. The minimum Gasteiger partial charge on any atom is -0.251 e. The van der Waals surface area contributed by atoms with Crippen LogP contribution in [0.5, 0.6) is 0 Å². The lowest BCUT2D eigenvalue weighted by atomic mass is 10.1. The second-order valence-electron chi connectivity index (χ2n) is 1.94. The summed E-state index contributed by atoms with van der Waals surface area (Å²) >= 11 is 0. The number of hydrogen-bond donors (Lipinski definition) is 0. The molecule has 2 heteroatoms. The topological polar surface area (TPSA) is 14.1 Å².